The molecule has 0 aliphatic carbocycles. The minimum absolute atomic E-state index is 0.104. The summed E-state index contributed by atoms with van der Waals surface area (Å²) < 4.78 is 24.7. The zero-order valence-electron chi connectivity index (χ0n) is 16.4. The molecule has 1 aromatic heterocycles. The summed E-state index contributed by atoms with van der Waals surface area (Å²) in [5.74, 6) is 5.46. The first-order valence-corrected chi connectivity index (χ1v) is 9.95. The van der Waals surface area contributed by atoms with Gasteiger partial charge >= 0.3 is 0 Å². The number of rotatable bonds is 3. The topological polar surface area (TPSA) is 77.6 Å². The first kappa shape index (κ1) is 23.2. The number of anilines is 1. The molecule has 29 heavy (non-hydrogen) atoms. The van der Waals surface area contributed by atoms with Gasteiger partial charge < -0.3 is 20.3 Å². The van der Waals surface area contributed by atoms with Crippen LogP contribution >= 0.6 is 23.2 Å². The summed E-state index contributed by atoms with van der Waals surface area (Å²) >= 11 is 12.2. The van der Waals surface area contributed by atoms with E-state index < -0.39 is 18.0 Å². The molecule has 0 spiro atoms. The van der Waals surface area contributed by atoms with E-state index in [1.807, 2.05) is 13.8 Å². The Morgan fingerprint density at radius 1 is 1.34 bits per heavy atom. The molecule has 2 aromatic rings. The second-order valence-corrected chi connectivity index (χ2v) is 6.89. The van der Waals surface area contributed by atoms with Crippen LogP contribution in [-0.4, -0.2) is 29.4 Å². The number of aromatic nitrogens is 1. The van der Waals surface area contributed by atoms with Gasteiger partial charge in [-0.15, -0.1) is 0 Å². The minimum atomic E-state index is -0.668. The number of pyridine rings is 1. The Bertz CT molecular complexity index is 915. The fraction of sp³-hybridized carbons (Fsp3) is 0.381. The highest BCUT2D eigenvalue weighted by Crippen LogP contribution is 2.35. The van der Waals surface area contributed by atoms with E-state index >= 15 is 0 Å². The van der Waals surface area contributed by atoms with Crippen LogP contribution in [0, 0.1) is 23.6 Å². The summed E-state index contributed by atoms with van der Waals surface area (Å²) in [6.07, 6.45) is 0.231. The number of hydrogen-bond donors (Lipinski definition) is 2. The van der Waals surface area contributed by atoms with Crippen molar-refractivity contribution in [2.75, 3.05) is 18.9 Å². The van der Waals surface area contributed by atoms with Gasteiger partial charge in [-0.3, -0.25) is 0 Å². The third-order valence-electron chi connectivity index (χ3n) is 4.12. The number of nitrogen functional groups attached to an aromatic ring is 1. The van der Waals surface area contributed by atoms with E-state index in [9.17, 15) is 9.50 Å². The third-order valence-corrected chi connectivity index (χ3v) is 4.84. The molecule has 5 nitrogen and oxygen atoms in total. The molecule has 1 aliphatic rings. The lowest BCUT2D eigenvalue weighted by Crippen LogP contribution is -2.15. The number of ether oxygens (including phenoxy) is 2. The summed E-state index contributed by atoms with van der Waals surface area (Å²) in [6, 6.07) is 4.22. The van der Waals surface area contributed by atoms with Crippen molar-refractivity contribution >= 4 is 29.0 Å². The fourth-order valence-electron chi connectivity index (χ4n) is 2.64. The lowest BCUT2D eigenvalue weighted by molar-refractivity contribution is 0.123. The van der Waals surface area contributed by atoms with Gasteiger partial charge in [-0.25, -0.2) is 9.37 Å². The number of nitrogens with two attached hydrogens (primary N) is 1. The van der Waals surface area contributed by atoms with E-state index in [1.165, 1.54) is 18.3 Å². The van der Waals surface area contributed by atoms with Gasteiger partial charge in [0.25, 0.3) is 0 Å². The van der Waals surface area contributed by atoms with Crippen LogP contribution < -0.4 is 10.5 Å². The normalized spacial score (nSPS) is 18.9. The highest BCUT2D eigenvalue weighted by atomic mass is 35.5. The van der Waals surface area contributed by atoms with Crippen molar-refractivity contribution in [2.45, 2.75) is 33.0 Å². The monoisotopic (exact) mass is 440 g/mol. The predicted octanol–water partition coefficient (Wildman–Crippen LogP) is 4.63. The lowest BCUT2D eigenvalue weighted by atomic mass is 10.1. The Labute approximate surface area is 179 Å². The maximum atomic E-state index is 13.7. The molecular weight excluding hydrogens is 418 g/mol. The van der Waals surface area contributed by atoms with E-state index in [1.54, 1.807) is 13.0 Å². The predicted molar refractivity (Wildman–Crippen MR) is 113 cm³/mol. The minimum Gasteiger partial charge on any atom is -0.482 e. The molecule has 3 atom stereocenters. The van der Waals surface area contributed by atoms with Crippen molar-refractivity contribution < 1.29 is 19.0 Å². The molecule has 0 saturated carbocycles. The fourth-order valence-corrected chi connectivity index (χ4v) is 3.32. The van der Waals surface area contributed by atoms with E-state index in [0.717, 1.165) is 0 Å². The molecule has 1 aromatic carbocycles. The Morgan fingerprint density at radius 3 is 2.72 bits per heavy atom. The largest absolute Gasteiger partial charge is 0.482 e. The van der Waals surface area contributed by atoms with Crippen molar-refractivity contribution in [3.05, 3.63) is 51.4 Å². The molecule has 0 radical (unpaired) electrons. The van der Waals surface area contributed by atoms with E-state index in [0.29, 0.717) is 17.7 Å². The number of nitrogens with zero attached hydrogens (tertiary/aromatic N) is 1. The summed E-state index contributed by atoms with van der Waals surface area (Å²) in [5, 5.41) is 9.92. The standard InChI is InChI=1S/C19H17Cl2FN2O3.C2H6/c1-10(17-13(20)4-5-14(22)18(17)21)27-16-6-11(7-24-19(16)23)2-3-12-8-26-9-15(12)25;1-2/h4-7,10,12,15,25H,8-9H2,1H3,(H2,23,24);1-2H3. The van der Waals surface area contributed by atoms with Gasteiger partial charge in [-0.05, 0) is 19.1 Å². The van der Waals surface area contributed by atoms with Gasteiger partial charge in [0.2, 0.25) is 0 Å². The second-order valence-electron chi connectivity index (χ2n) is 6.10. The summed E-state index contributed by atoms with van der Waals surface area (Å²) in [5.41, 5.74) is 6.76. The molecule has 1 aliphatic heterocycles. The molecule has 8 heteroatoms. The summed E-state index contributed by atoms with van der Waals surface area (Å²) in [7, 11) is 0. The molecule has 1 fully saturated rings. The molecular formula is C21H23Cl2FN2O3. The van der Waals surface area contributed by atoms with Crippen LogP contribution in [0.1, 0.15) is 38.0 Å². The van der Waals surface area contributed by atoms with Gasteiger partial charge in [-0.1, -0.05) is 48.9 Å². The quantitative estimate of drug-likeness (QED) is 0.536. The van der Waals surface area contributed by atoms with E-state index in [-0.39, 0.29) is 34.1 Å². The van der Waals surface area contributed by atoms with Crippen molar-refractivity contribution in [3.63, 3.8) is 0 Å². The molecule has 156 valence electrons. The van der Waals surface area contributed by atoms with Crippen LogP contribution in [0.4, 0.5) is 10.2 Å². The number of halogens is 3. The molecule has 1 saturated heterocycles. The van der Waals surface area contributed by atoms with Crippen LogP contribution in [-0.2, 0) is 4.74 Å². The Balaban J connectivity index is 0.00000145. The smallest absolute Gasteiger partial charge is 0.166 e. The first-order chi connectivity index (χ1) is 13.9. The summed E-state index contributed by atoms with van der Waals surface area (Å²) in [4.78, 5) is 4.07. The highest BCUT2D eigenvalue weighted by molar-refractivity contribution is 6.36. The lowest BCUT2D eigenvalue weighted by Gasteiger charge is -2.19. The Kier molecular flexibility index (Phi) is 8.54. The molecule has 3 N–H and O–H groups in total. The maximum absolute atomic E-state index is 13.7. The number of benzene rings is 1. The number of aliphatic hydroxyl groups is 1. The zero-order chi connectivity index (χ0) is 21.6. The molecule has 0 bridgehead atoms. The average Bonchev–Trinajstić information content (AvgIpc) is 3.12. The third kappa shape index (κ3) is 5.74. The molecule has 2 heterocycles. The number of aliphatic hydroxyl groups excluding tert-OH is 1. The molecule has 0 amide bonds. The first-order valence-electron chi connectivity index (χ1n) is 9.19. The van der Waals surface area contributed by atoms with Crippen LogP contribution in [0.15, 0.2) is 24.4 Å². The molecule has 3 unspecified atom stereocenters. The van der Waals surface area contributed by atoms with Gasteiger partial charge in [0.1, 0.15) is 11.9 Å². The van der Waals surface area contributed by atoms with Crippen LogP contribution in [0.2, 0.25) is 10.0 Å². The van der Waals surface area contributed by atoms with Crippen molar-refractivity contribution in [3.8, 4) is 17.6 Å². The highest BCUT2D eigenvalue weighted by Gasteiger charge is 2.24. The van der Waals surface area contributed by atoms with Crippen molar-refractivity contribution in [1.82, 2.24) is 4.98 Å². The van der Waals surface area contributed by atoms with Gasteiger partial charge in [-0.2, -0.15) is 0 Å². The second kappa shape index (κ2) is 10.7. The Hall–Kier alpha value is -2.04. The Morgan fingerprint density at radius 2 is 2.07 bits per heavy atom. The van der Waals surface area contributed by atoms with Gasteiger partial charge in [0.05, 0.1) is 30.3 Å². The van der Waals surface area contributed by atoms with E-state index in [4.69, 9.17) is 38.4 Å². The molecule has 3 rings (SSSR count). The zero-order valence-corrected chi connectivity index (χ0v) is 17.9. The van der Waals surface area contributed by atoms with Gasteiger partial charge in [0.15, 0.2) is 11.6 Å². The van der Waals surface area contributed by atoms with Crippen LogP contribution in [0.5, 0.6) is 5.75 Å². The maximum Gasteiger partial charge on any atom is 0.166 e. The van der Waals surface area contributed by atoms with Crippen molar-refractivity contribution in [1.29, 1.82) is 0 Å². The average molecular weight is 441 g/mol. The van der Waals surface area contributed by atoms with E-state index in [2.05, 4.69) is 16.8 Å². The van der Waals surface area contributed by atoms with Crippen LogP contribution in [0.3, 0.4) is 0 Å². The van der Waals surface area contributed by atoms with Gasteiger partial charge in [0, 0.05) is 28.4 Å². The van der Waals surface area contributed by atoms with Crippen molar-refractivity contribution in [2.24, 2.45) is 5.92 Å². The number of hydrogen-bond acceptors (Lipinski definition) is 5. The summed E-state index contributed by atoms with van der Waals surface area (Å²) in [6.45, 7) is 6.34. The van der Waals surface area contributed by atoms with Crippen LogP contribution in [0.25, 0.3) is 0 Å². The SMILES string of the molecule is CC.CC(Oc1cc(C#CC2COCC2O)cnc1N)c1c(Cl)ccc(F)c1Cl.